The van der Waals surface area contributed by atoms with E-state index in [9.17, 15) is 4.79 Å². The first-order valence-corrected chi connectivity index (χ1v) is 5.23. The van der Waals surface area contributed by atoms with Gasteiger partial charge in [-0.2, -0.15) is 10.3 Å². The third kappa shape index (κ3) is 2.05. The molecular formula is C8HBr2ClN2O. The summed E-state index contributed by atoms with van der Waals surface area (Å²) in [5, 5.41) is 9.04. The van der Waals surface area contributed by atoms with E-state index >= 15 is 0 Å². The van der Waals surface area contributed by atoms with Crippen LogP contribution in [0.3, 0.4) is 0 Å². The zero-order chi connectivity index (χ0) is 10.7. The molecule has 0 saturated heterocycles. The largest absolute Gasteiger partial charge is 0.240 e. The van der Waals surface area contributed by atoms with Crippen molar-refractivity contribution in [1.29, 1.82) is 5.26 Å². The van der Waals surface area contributed by atoms with Crippen LogP contribution in [0.15, 0.2) is 20.0 Å². The van der Waals surface area contributed by atoms with Gasteiger partial charge in [0.1, 0.15) is 11.8 Å². The van der Waals surface area contributed by atoms with Gasteiger partial charge in [-0.25, -0.2) is 4.79 Å². The number of isocyanates is 1. The highest BCUT2D eigenvalue weighted by atomic mass is 79.9. The number of hydrogen-bond donors (Lipinski definition) is 0. The Bertz CT molecular complexity index is 475. The molecule has 0 unspecified atom stereocenters. The van der Waals surface area contributed by atoms with E-state index in [1.807, 2.05) is 6.07 Å². The summed E-state index contributed by atoms with van der Waals surface area (Å²) in [5.74, 6) is 0. The van der Waals surface area contributed by atoms with Crippen molar-refractivity contribution in [3.8, 4) is 6.07 Å². The summed E-state index contributed by atoms with van der Waals surface area (Å²) >= 11 is 12.2. The Morgan fingerprint density at radius 1 is 1.43 bits per heavy atom. The smallest absolute Gasteiger partial charge is 0.211 e. The average molecular weight is 336 g/mol. The summed E-state index contributed by atoms with van der Waals surface area (Å²) < 4.78 is 1.07. The molecule has 6 heteroatoms. The van der Waals surface area contributed by atoms with Crippen molar-refractivity contribution in [3.63, 3.8) is 0 Å². The van der Waals surface area contributed by atoms with Crippen LogP contribution in [0.5, 0.6) is 0 Å². The molecule has 0 aliphatic rings. The third-order valence-electron chi connectivity index (χ3n) is 1.41. The van der Waals surface area contributed by atoms with Crippen LogP contribution < -0.4 is 0 Å². The van der Waals surface area contributed by atoms with Gasteiger partial charge in [-0.05, 0) is 37.9 Å². The maximum atomic E-state index is 10.1. The van der Waals surface area contributed by atoms with Gasteiger partial charge in [-0.1, -0.05) is 11.6 Å². The second-order valence-corrected chi connectivity index (χ2v) is 4.28. The molecule has 0 aromatic heterocycles. The van der Waals surface area contributed by atoms with Crippen LogP contribution in [0.25, 0.3) is 0 Å². The molecule has 0 spiro atoms. The van der Waals surface area contributed by atoms with Crippen molar-refractivity contribution in [3.05, 3.63) is 25.6 Å². The van der Waals surface area contributed by atoms with Crippen molar-refractivity contribution in [2.75, 3.05) is 0 Å². The fraction of sp³-hybridized carbons (Fsp3) is 0. The molecule has 1 aromatic rings. The van der Waals surface area contributed by atoms with Gasteiger partial charge in [0.05, 0.1) is 10.6 Å². The highest BCUT2D eigenvalue weighted by molar-refractivity contribution is 9.11. The quantitative estimate of drug-likeness (QED) is 0.446. The van der Waals surface area contributed by atoms with E-state index in [2.05, 4.69) is 36.9 Å². The van der Waals surface area contributed by atoms with Crippen molar-refractivity contribution in [2.45, 2.75) is 0 Å². The van der Waals surface area contributed by atoms with E-state index in [0.29, 0.717) is 8.95 Å². The molecule has 0 heterocycles. The monoisotopic (exact) mass is 334 g/mol. The molecule has 1 rings (SSSR count). The Kier molecular flexibility index (Phi) is 3.85. The van der Waals surface area contributed by atoms with Crippen molar-refractivity contribution >= 4 is 55.2 Å². The maximum Gasteiger partial charge on any atom is 0.240 e. The van der Waals surface area contributed by atoms with Crippen LogP contribution in [0, 0.1) is 11.3 Å². The third-order valence-corrected chi connectivity index (χ3v) is 3.27. The van der Waals surface area contributed by atoms with Crippen molar-refractivity contribution in [1.82, 2.24) is 0 Å². The molecule has 70 valence electrons. The van der Waals surface area contributed by atoms with Gasteiger partial charge in [-0.15, -0.1) is 0 Å². The molecule has 0 aliphatic carbocycles. The number of nitrogens with zero attached hydrogens (tertiary/aromatic N) is 2. The second kappa shape index (κ2) is 4.72. The molecule has 0 amide bonds. The minimum Gasteiger partial charge on any atom is -0.211 e. The maximum absolute atomic E-state index is 10.1. The zero-order valence-electron chi connectivity index (χ0n) is 6.51. The lowest BCUT2D eigenvalue weighted by molar-refractivity contribution is 0.565. The Balaban J connectivity index is 3.65. The summed E-state index contributed by atoms with van der Waals surface area (Å²) in [4.78, 5) is 13.5. The summed E-state index contributed by atoms with van der Waals surface area (Å²) in [6, 6.07) is 3.48. The first-order chi connectivity index (χ1) is 6.61. The van der Waals surface area contributed by atoms with Crippen LogP contribution >= 0.6 is 43.5 Å². The normalized spacial score (nSPS) is 9.00. The lowest BCUT2D eigenvalue weighted by atomic mass is 10.2. The number of aliphatic imine (C=N–C) groups is 1. The molecule has 0 saturated carbocycles. The lowest BCUT2D eigenvalue weighted by Gasteiger charge is -2.03. The van der Waals surface area contributed by atoms with Gasteiger partial charge >= 0.3 is 0 Å². The van der Waals surface area contributed by atoms with Gasteiger partial charge in [-0.3, -0.25) is 0 Å². The van der Waals surface area contributed by atoms with E-state index in [1.165, 1.54) is 6.08 Å². The van der Waals surface area contributed by atoms with E-state index in [4.69, 9.17) is 16.9 Å². The molecule has 0 N–H and O–H groups in total. The van der Waals surface area contributed by atoms with Crippen molar-refractivity contribution in [2.24, 2.45) is 4.99 Å². The Morgan fingerprint density at radius 2 is 2.07 bits per heavy atom. The fourth-order valence-corrected chi connectivity index (χ4v) is 2.28. The molecule has 14 heavy (non-hydrogen) atoms. The average Bonchev–Trinajstić information content (AvgIpc) is 2.15. The van der Waals surface area contributed by atoms with Gasteiger partial charge in [0.25, 0.3) is 0 Å². The molecule has 0 fully saturated rings. The summed E-state index contributed by atoms with van der Waals surface area (Å²) in [5.41, 5.74) is 0.326. The van der Waals surface area contributed by atoms with Gasteiger partial charge in [0.2, 0.25) is 6.08 Å². The highest BCUT2D eigenvalue weighted by Gasteiger charge is 2.13. The zero-order valence-corrected chi connectivity index (χ0v) is 10.4. The standard InChI is InChI=1S/C8HBr2ClN2O/c9-5-1-6(10)8(13-3-14)4(2-12)7(5)11/h1H. The predicted octanol–water partition coefficient (Wildman–Crippen LogP) is 3.70. The van der Waals surface area contributed by atoms with E-state index in [-0.39, 0.29) is 16.3 Å². The van der Waals surface area contributed by atoms with Gasteiger partial charge < -0.3 is 0 Å². The lowest BCUT2D eigenvalue weighted by Crippen LogP contribution is -1.82. The highest BCUT2D eigenvalue weighted by Crippen LogP contribution is 2.38. The Hall–Kier alpha value is -0.660. The van der Waals surface area contributed by atoms with E-state index < -0.39 is 0 Å². The molecule has 0 radical (unpaired) electrons. The number of hydrogen-bond acceptors (Lipinski definition) is 3. The first kappa shape index (κ1) is 11.4. The number of nitriles is 1. The van der Waals surface area contributed by atoms with Crippen LogP contribution in [0.1, 0.15) is 5.56 Å². The second-order valence-electron chi connectivity index (χ2n) is 2.19. The Morgan fingerprint density at radius 3 is 2.57 bits per heavy atom. The van der Waals surface area contributed by atoms with Crippen LogP contribution in [0.2, 0.25) is 5.02 Å². The number of halogens is 3. The van der Waals surface area contributed by atoms with Gasteiger partial charge in [0.15, 0.2) is 0 Å². The van der Waals surface area contributed by atoms with E-state index in [1.54, 1.807) is 6.07 Å². The van der Waals surface area contributed by atoms with E-state index in [0.717, 1.165) is 0 Å². The summed E-state index contributed by atoms with van der Waals surface area (Å²) in [7, 11) is 0. The van der Waals surface area contributed by atoms with Crippen LogP contribution in [0.4, 0.5) is 5.69 Å². The van der Waals surface area contributed by atoms with Gasteiger partial charge in [0, 0.05) is 8.95 Å². The Labute approximate surface area is 102 Å². The minimum absolute atomic E-state index is 0.135. The summed E-state index contributed by atoms with van der Waals surface area (Å²) in [6.45, 7) is 0. The number of benzene rings is 1. The fourth-order valence-electron chi connectivity index (χ4n) is 0.843. The molecular weight excluding hydrogens is 335 g/mol. The summed E-state index contributed by atoms with van der Waals surface area (Å²) in [6.07, 6.45) is 1.37. The predicted molar refractivity (Wildman–Crippen MR) is 59.3 cm³/mol. The molecule has 0 aliphatic heterocycles. The molecule has 1 aromatic carbocycles. The molecule has 0 atom stereocenters. The SMILES string of the molecule is N#Cc1c(Cl)c(Br)cc(Br)c1N=C=O. The van der Waals surface area contributed by atoms with Crippen LogP contribution in [-0.2, 0) is 4.79 Å². The van der Waals surface area contributed by atoms with Crippen molar-refractivity contribution < 1.29 is 4.79 Å². The first-order valence-electron chi connectivity index (χ1n) is 3.27. The number of rotatable bonds is 1. The minimum atomic E-state index is 0.135. The van der Waals surface area contributed by atoms with Crippen LogP contribution in [-0.4, -0.2) is 6.08 Å². The molecule has 0 bridgehead atoms. The topological polar surface area (TPSA) is 53.2 Å². The number of carbonyl (C=O) groups excluding carboxylic acids is 1. The molecule has 3 nitrogen and oxygen atoms in total.